The first-order chi connectivity index (χ1) is 18.3. The van der Waals surface area contributed by atoms with E-state index in [1.54, 1.807) is 11.8 Å². The summed E-state index contributed by atoms with van der Waals surface area (Å²) in [5, 5.41) is 12.3. The summed E-state index contributed by atoms with van der Waals surface area (Å²) >= 11 is 5.81. The molecule has 202 valence electrons. The van der Waals surface area contributed by atoms with Gasteiger partial charge in [-0.25, -0.2) is 19.2 Å². The summed E-state index contributed by atoms with van der Waals surface area (Å²) in [6.45, 7) is 3.47. The van der Waals surface area contributed by atoms with Gasteiger partial charge in [-0.3, -0.25) is 14.2 Å². The van der Waals surface area contributed by atoms with Gasteiger partial charge in [0, 0.05) is 24.4 Å². The Bertz CT molecular complexity index is 1690. The van der Waals surface area contributed by atoms with Crippen LogP contribution in [0.2, 0.25) is 5.15 Å². The summed E-state index contributed by atoms with van der Waals surface area (Å²) in [5.41, 5.74) is -1.19. The van der Waals surface area contributed by atoms with Gasteiger partial charge in [-0.15, -0.1) is 0 Å². The van der Waals surface area contributed by atoms with Crippen molar-refractivity contribution in [3.8, 4) is 0 Å². The van der Waals surface area contributed by atoms with Crippen LogP contribution in [0.3, 0.4) is 0 Å². The topological polar surface area (TPSA) is 113 Å². The number of hydrogen-bond acceptors (Lipinski definition) is 7. The van der Waals surface area contributed by atoms with Gasteiger partial charge in [-0.05, 0) is 43.7 Å². The minimum atomic E-state index is -4.78. The lowest BCUT2D eigenvalue weighted by Crippen LogP contribution is -2.26. The van der Waals surface area contributed by atoms with Crippen molar-refractivity contribution in [2.24, 2.45) is 0 Å². The molecule has 0 radical (unpaired) electrons. The number of aromatic nitrogens is 4. The number of nitrogens with zero attached hydrogens (tertiary/aromatic N) is 5. The van der Waals surface area contributed by atoms with Crippen LogP contribution in [0.1, 0.15) is 58.8 Å². The minimum absolute atomic E-state index is 0.00480. The number of alkyl halides is 3. The molecule has 2 N–H and O–H groups in total. The molecule has 14 heteroatoms. The van der Waals surface area contributed by atoms with E-state index in [9.17, 15) is 32.3 Å². The lowest BCUT2D eigenvalue weighted by Gasteiger charge is -2.24. The quantitative estimate of drug-likeness (QED) is 0.251. The predicted molar refractivity (Wildman–Crippen MR) is 134 cm³/mol. The number of hydrogen-bond donors (Lipinski definition) is 2. The lowest BCUT2D eigenvalue weighted by atomic mass is 10.1. The number of carboxylic acid groups (broad SMARTS) is 1. The zero-order valence-corrected chi connectivity index (χ0v) is 21.0. The van der Waals surface area contributed by atoms with Gasteiger partial charge in [0.2, 0.25) is 0 Å². The van der Waals surface area contributed by atoms with E-state index in [0.29, 0.717) is 17.5 Å². The Morgan fingerprint density at radius 2 is 1.97 bits per heavy atom. The molecule has 2 atom stereocenters. The van der Waals surface area contributed by atoms with Gasteiger partial charge in [0.1, 0.15) is 22.4 Å². The highest BCUT2D eigenvalue weighted by atomic mass is 35.5. The Balaban J connectivity index is 1.64. The van der Waals surface area contributed by atoms with Crippen molar-refractivity contribution in [3.05, 3.63) is 92.1 Å². The van der Waals surface area contributed by atoms with E-state index in [-0.39, 0.29) is 40.5 Å². The molecule has 1 aliphatic heterocycles. The number of nitrogens with one attached hydrogen (secondary N) is 1. The van der Waals surface area contributed by atoms with Crippen molar-refractivity contribution >= 4 is 34.7 Å². The summed E-state index contributed by atoms with van der Waals surface area (Å²) in [6, 6.07) is 4.62. The van der Waals surface area contributed by atoms with Crippen molar-refractivity contribution in [2.45, 2.75) is 38.7 Å². The van der Waals surface area contributed by atoms with Crippen molar-refractivity contribution in [1.29, 1.82) is 0 Å². The van der Waals surface area contributed by atoms with Crippen LogP contribution >= 0.6 is 11.6 Å². The Kier molecular flexibility index (Phi) is 6.41. The van der Waals surface area contributed by atoms with Crippen LogP contribution in [0.25, 0.3) is 5.65 Å². The van der Waals surface area contributed by atoms with E-state index in [4.69, 9.17) is 11.6 Å². The lowest BCUT2D eigenvalue weighted by molar-refractivity contribution is -0.137. The van der Waals surface area contributed by atoms with Crippen LogP contribution in [0, 0.1) is 5.82 Å². The molecule has 0 fully saturated rings. The molecule has 0 saturated carbocycles. The fourth-order valence-corrected chi connectivity index (χ4v) is 4.75. The number of pyridine rings is 3. The van der Waals surface area contributed by atoms with Crippen LogP contribution in [-0.4, -0.2) is 30.4 Å². The van der Waals surface area contributed by atoms with E-state index in [1.807, 2.05) is 0 Å². The van der Waals surface area contributed by atoms with Crippen molar-refractivity contribution in [1.82, 2.24) is 19.4 Å². The Morgan fingerprint density at radius 3 is 2.67 bits per heavy atom. The molecule has 0 bridgehead atoms. The molecule has 0 spiro atoms. The fourth-order valence-electron chi connectivity index (χ4n) is 4.60. The van der Waals surface area contributed by atoms with Crippen LogP contribution in [0.4, 0.5) is 29.1 Å². The SMILES string of the molecule is C[C@@H]1c2ncc(F)cc2CN1c1cc(=O)n2cc(C(F)(F)F)cc([C@@H](C)Nc3ccc(Cl)nc3C(=O)O)c2n1. The first-order valence-electron chi connectivity index (χ1n) is 11.6. The molecule has 1 aliphatic rings. The van der Waals surface area contributed by atoms with E-state index in [2.05, 4.69) is 20.3 Å². The molecule has 0 saturated heterocycles. The molecule has 0 aromatic carbocycles. The third-order valence-electron chi connectivity index (χ3n) is 6.47. The fraction of sp³-hybridized carbons (Fsp3) is 0.240. The summed E-state index contributed by atoms with van der Waals surface area (Å²) in [6.07, 6.45) is -3.03. The second-order valence-electron chi connectivity index (χ2n) is 9.03. The number of anilines is 2. The largest absolute Gasteiger partial charge is 0.476 e. The Labute approximate surface area is 222 Å². The monoisotopic (exact) mass is 562 g/mol. The highest BCUT2D eigenvalue weighted by Crippen LogP contribution is 2.37. The molecule has 4 aromatic heterocycles. The number of aromatic carboxylic acids is 1. The third kappa shape index (κ3) is 4.85. The molecule has 39 heavy (non-hydrogen) atoms. The summed E-state index contributed by atoms with van der Waals surface area (Å²) in [5.74, 6) is -1.75. The van der Waals surface area contributed by atoms with Crippen LogP contribution in [-0.2, 0) is 12.7 Å². The highest BCUT2D eigenvalue weighted by Gasteiger charge is 2.34. The Hall–Kier alpha value is -4.26. The maximum atomic E-state index is 13.8. The zero-order valence-electron chi connectivity index (χ0n) is 20.3. The van der Waals surface area contributed by atoms with Gasteiger partial charge in [0.25, 0.3) is 5.56 Å². The van der Waals surface area contributed by atoms with E-state index in [1.165, 1.54) is 25.1 Å². The molecule has 0 aliphatic carbocycles. The normalized spacial score (nSPS) is 15.9. The number of carboxylic acids is 1. The molecular formula is C25H19ClF4N6O3. The third-order valence-corrected chi connectivity index (χ3v) is 6.68. The van der Waals surface area contributed by atoms with Gasteiger partial charge in [0.15, 0.2) is 5.69 Å². The average molecular weight is 563 g/mol. The van der Waals surface area contributed by atoms with Crippen LogP contribution < -0.4 is 15.8 Å². The molecule has 5 rings (SSSR count). The smallest absolute Gasteiger partial charge is 0.417 e. The van der Waals surface area contributed by atoms with Crippen LogP contribution in [0.15, 0.2) is 47.5 Å². The molecule has 5 heterocycles. The van der Waals surface area contributed by atoms with E-state index >= 15 is 0 Å². The maximum absolute atomic E-state index is 13.8. The predicted octanol–water partition coefficient (Wildman–Crippen LogP) is 5.25. The second-order valence-corrected chi connectivity index (χ2v) is 9.42. The van der Waals surface area contributed by atoms with Crippen molar-refractivity contribution < 1.29 is 27.5 Å². The first kappa shape index (κ1) is 26.4. The molecular weight excluding hydrogens is 544 g/mol. The van der Waals surface area contributed by atoms with Crippen molar-refractivity contribution in [3.63, 3.8) is 0 Å². The van der Waals surface area contributed by atoms with Gasteiger partial charge in [-0.2, -0.15) is 13.2 Å². The van der Waals surface area contributed by atoms with Gasteiger partial charge >= 0.3 is 12.1 Å². The number of rotatable bonds is 5. The number of halogens is 5. The first-order valence-corrected chi connectivity index (χ1v) is 11.9. The molecule has 0 amide bonds. The van der Waals surface area contributed by atoms with Gasteiger partial charge in [-0.1, -0.05) is 11.6 Å². The van der Waals surface area contributed by atoms with Crippen LogP contribution in [0.5, 0.6) is 0 Å². The van der Waals surface area contributed by atoms with Crippen molar-refractivity contribution in [2.75, 3.05) is 10.2 Å². The summed E-state index contributed by atoms with van der Waals surface area (Å²) in [4.78, 5) is 38.9. The summed E-state index contributed by atoms with van der Waals surface area (Å²) < 4.78 is 55.9. The van der Waals surface area contributed by atoms with E-state index in [0.717, 1.165) is 22.7 Å². The Morgan fingerprint density at radius 1 is 1.23 bits per heavy atom. The average Bonchev–Trinajstić information content (AvgIpc) is 3.19. The number of fused-ring (bicyclic) bond motifs is 2. The highest BCUT2D eigenvalue weighted by molar-refractivity contribution is 6.29. The standard InChI is InChI=1S/C25H19ClF4N6O3/c1-11(32-17-3-4-18(26)33-22(17)24(38)39)16-6-14(25(28,29)30)10-36-20(37)7-19(34-23(16)36)35-9-13-5-15(27)8-31-21(13)12(35)2/h3-8,10-12,32H,9H2,1-2H3,(H,38,39)/t11-,12-/m1/s1. The maximum Gasteiger partial charge on any atom is 0.417 e. The zero-order chi connectivity index (χ0) is 28.2. The van der Waals surface area contributed by atoms with E-state index < -0.39 is 40.8 Å². The second kappa shape index (κ2) is 9.49. The van der Waals surface area contributed by atoms with Gasteiger partial charge < -0.3 is 15.3 Å². The molecule has 0 unspecified atom stereocenters. The minimum Gasteiger partial charge on any atom is -0.476 e. The molecule has 4 aromatic rings. The number of carbonyl (C=O) groups is 1. The molecule has 9 nitrogen and oxygen atoms in total. The summed E-state index contributed by atoms with van der Waals surface area (Å²) in [7, 11) is 0. The van der Waals surface area contributed by atoms with Gasteiger partial charge in [0.05, 0.1) is 35.2 Å².